The highest BCUT2D eigenvalue weighted by atomic mass is 16.3. The Hall–Kier alpha value is -1.07. The third-order valence-corrected chi connectivity index (χ3v) is 2.94. The Balaban J connectivity index is 1.69. The summed E-state index contributed by atoms with van der Waals surface area (Å²) in [7, 11) is 0. The fraction of sp³-hybridized carbons (Fsp3) is 0.727. The first-order valence-corrected chi connectivity index (χ1v) is 5.93. The van der Waals surface area contributed by atoms with Gasteiger partial charge in [0.1, 0.15) is 5.82 Å². The minimum Gasteiger partial charge on any atom is -0.395 e. The summed E-state index contributed by atoms with van der Waals surface area (Å²) in [4.78, 5) is 2.37. The molecule has 5 heteroatoms. The van der Waals surface area contributed by atoms with Gasteiger partial charge in [-0.15, -0.1) is 0 Å². The average molecular weight is 224 g/mol. The van der Waals surface area contributed by atoms with Crippen LogP contribution in [0.4, 0.5) is 5.82 Å². The number of anilines is 1. The van der Waals surface area contributed by atoms with E-state index in [2.05, 4.69) is 10.00 Å². The molecule has 0 aliphatic heterocycles. The van der Waals surface area contributed by atoms with Crippen molar-refractivity contribution in [1.29, 1.82) is 0 Å². The summed E-state index contributed by atoms with van der Waals surface area (Å²) in [6.07, 6.45) is 5.53. The van der Waals surface area contributed by atoms with Crippen LogP contribution in [0, 0.1) is 0 Å². The number of aliphatic hydroxyl groups excluding tert-OH is 1. The summed E-state index contributed by atoms with van der Waals surface area (Å²) in [6, 6.07) is 2.53. The van der Waals surface area contributed by atoms with Crippen LogP contribution in [0.1, 0.15) is 19.3 Å². The zero-order valence-corrected chi connectivity index (χ0v) is 9.55. The van der Waals surface area contributed by atoms with Gasteiger partial charge in [-0.3, -0.25) is 9.58 Å². The molecule has 1 aliphatic carbocycles. The first-order chi connectivity index (χ1) is 7.79. The molecule has 0 unspecified atom stereocenters. The summed E-state index contributed by atoms with van der Waals surface area (Å²) in [5.41, 5.74) is 5.54. The summed E-state index contributed by atoms with van der Waals surface area (Å²) >= 11 is 0. The standard InChI is InChI=1S/C11H20N4O/c12-11-4-7-15(13-11)6-1-5-14(8-9-16)10-2-3-10/h4,7,10,16H,1-3,5-6,8-9H2,(H2,12,13). The minimum absolute atomic E-state index is 0.255. The van der Waals surface area contributed by atoms with Gasteiger partial charge in [0.15, 0.2) is 0 Å². The maximum absolute atomic E-state index is 8.96. The molecule has 1 aromatic heterocycles. The molecule has 90 valence electrons. The van der Waals surface area contributed by atoms with Gasteiger partial charge in [-0.25, -0.2) is 0 Å². The molecule has 1 aliphatic rings. The van der Waals surface area contributed by atoms with E-state index in [0.717, 1.165) is 32.1 Å². The minimum atomic E-state index is 0.255. The lowest BCUT2D eigenvalue weighted by molar-refractivity contribution is 0.185. The van der Waals surface area contributed by atoms with Crippen molar-refractivity contribution in [3.05, 3.63) is 12.3 Å². The van der Waals surface area contributed by atoms with E-state index in [1.54, 1.807) is 0 Å². The van der Waals surface area contributed by atoms with Crippen LogP contribution < -0.4 is 5.73 Å². The topological polar surface area (TPSA) is 67.3 Å². The van der Waals surface area contributed by atoms with Crippen molar-refractivity contribution in [3.8, 4) is 0 Å². The van der Waals surface area contributed by atoms with E-state index in [9.17, 15) is 0 Å². The van der Waals surface area contributed by atoms with Crippen LogP contribution in [0.3, 0.4) is 0 Å². The van der Waals surface area contributed by atoms with Gasteiger partial charge in [0.25, 0.3) is 0 Å². The highest BCUT2D eigenvalue weighted by Crippen LogP contribution is 2.26. The first kappa shape index (κ1) is 11.4. The van der Waals surface area contributed by atoms with Gasteiger partial charge in [-0.2, -0.15) is 5.10 Å². The van der Waals surface area contributed by atoms with Gasteiger partial charge in [0, 0.05) is 31.9 Å². The number of nitrogens with zero attached hydrogens (tertiary/aromatic N) is 3. The van der Waals surface area contributed by atoms with Crippen LogP contribution in [0.2, 0.25) is 0 Å². The lowest BCUT2D eigenvalue weighted by Gasteiger charge is -2.20. The SMILES string of the molecule is Nc1ccn(CCCN(CCO)C2CC2)n1. The van der Waals surface area contributed by atoms with Crippen molar-refractivity contribution in [3.63, 3.8) is 0 Å². The highest BCUT2D eigenvalue weighted by molar-refractivity contribution is 5.23. The number of nitrogens with two attached hydrogens (primary N) is 1. The van der Waals surface area contributed by atoms with Crippen molar-refractivity contribution >= 4 is 5.82 Å². The maximum atomic E-state index is 8.96. The normalized spacial score (nSPS) is 15.9. The number of nitrogen functional groups attached to an aromatic ring is 1. The fourth-order valence-electron chi connectivity index (χ4n) is 1.98. The fourth-order valence-corrected chi connectivity index (χ4v) is 1.98. The third kappa shape index (κ3) is 3.21. The van der Waals surface area contributed by atoms with E-state index < -0.39 is 0 Å². The van der Waals surface area contributed by atoms with Gasteiger partial charge in [-0.05, 0) is 25.3 Å². The number of aromatic nitrogens is 2. The Bertz CT molecular complexity index is 322. The zero-order chi connectivity index (χ0) is 11.4. The summed E-state index contributed by atoms with van der Waals surface area (Å²) in [5, 5.41) is 13.1. The Morgan fingerprint density at radius 1 is 1.50 bits per heavy atom. The van der Waals surface area contributed by atoms with Gasteiger partial charge in [0.05, 0.1) is 6.61 Å². The van der Waals surface area contributed by atoms with E-state index in [-0.39, 0.29) is 6.61 Å². The number of hydrogen-bond donors (Lipinski definition) is 2. The number of aryl methyl sites for hydroxylation is 1. The monoisotopic (exact) mass is 224 g/mol. The van der Waals surface area contributed by atoms with Crippen LogP contribution in [0.5, 0.6) is 0 Å². The van der Waals surface area contributed by atoms with E-state index in [1.165, 1.54) is 12.8 Å². The average Bonchev–Trinajstić information content (AvgIpc) is 3.02. The van der Waals surface area contributed by atoms with Crippen LogP contribution in [0.25, 0.3) is 0 Å². The van der Waals surface area contributed by atoms with Crippen LogP contribution >= 0.6 is 0 Å². The molecule has 3 N–H and O–H groups in total. The van der Waals surface area contributed by atoms with Gasteiger partial charge < -0.3 is 10.8 Å². The number of hydrogen-bond acceptors (Lipinski definition) is 4. The second kappa shape index (κ2) is 5.32. The van der Waals surface area contributed by atoms with Gasteiger partial charge in [0.2, 0.25) is 0 Å². The number of aliphatic hydroxyl groups is 1. The van der Waals surface area contributed by atoms with Gasteiger partial charge in [-0.1, -0.05) is 0 Å². The molecule has 1 aromatic rings. The molecule has 0 atom stereocenters. The highest BCUT2D eigenvalue weighted by Gasteiger charge is 2.27. The molecule has 0 saturated heterocycles. The van der Waals surface area contributed by atoms with E-state index in [4.69, 9.17) is 10.8 Å². The molecule has 1 saturated carbocycles. The van der Waals surface area contributed by atoms with Crippen molar-refractivity contribution in [2.24, 2.45) is 0 Å². The van der Waals surface area contributed by atoms with Crippen LogP contribution in [-0.4, -0.2) is 45.5 Å². The van der Waals surface area contributed by atoms with Crippen LogP contribution in [-0.2, 0) is 6.54 Å². The molecule has 0 spiro atoms. The van der Waals surface area contributed by atoms with E-state index >= 15 is 0 Å². The Kier molecular flexibility index (Phi) is 3.79. The molecule has 5 nitrogen and oxygen atoms in total. The lowest BCUT2D eigenvalue weighted by Crippen LogP contribution is -2.30. The second-order valence-electron chi connectivity index (χ2n) is 4.35. The Morgan fingerprint density at radius 3 is 2.88 bits per heavy atom. The van der Waals surface area contributed by atoms with Crippen molar-refractivity contribution in [2.75, 3.05) is 25.4 Å². The number of rotatable bonds is 7. The van der Waals surface area contributed by atoms with E-state index in [0.29, 0.717) is 5.82 Å². The molecule has 16 heavy (non-hydrogen) atoms. The molecular weight excluding hydrogens is 204 g/mol. The van der Waals surface area contributed by atoms with Crippen LogP contribution in [0.15, 0.2) is 12.3 Å². The summed E-state index contributed by atoms with van der Waals surface area (Å²) < 4.78 is 1.87. The molecule has 0 radical (unpaired) electrons. The molecular formula is C11H20N4O. The molecule has 2 rings (SSSR count). The van der Waals surface area contributed by atoms with Gasteiger partial charge >= 0.3 is 0 Å². The van der Waals surface area contributed by atoms with Crippen molar-refractivity contribution < 1.29 is 5.11 Å². The smallest absolute Gasteiger partial charge is 0.145 e. The summed E-state index contributed by atoms with van der Waals surface area (Å²) in [5.74, 6) is 0.578. The molecule has 0 bridgehead atoms. The molecule has 0 amide bonds. The Labute approximate surface area is 95.8 Å². The van der Waals surface area contributed by atoms with E-state index in [1.807, 2.05) is 16.9 Å². The third-order valence-electron chi connectivity index (χ3n) is 2.94. The maximum Gasteiger partial charge on any atom is 0.145 e. The molecule has 1 heterocycles. The largest absolute Gasteiger partial charge is 0.395 e. The quantitative estimate of drug-likeness (QED) is 0.699. The predicted molar refractivity (Wildman–Crippen MR) is 62.9 cm³/mol. The van der Waals surface area contributed by atoms with Crippen molar-refractivity contribution in [2.45, 2.75) is 31.8 Å². The first-order valence-electron chi connectivity index (χ1n) is 5.93. The predicted octanol–water partition coefficient (Wildman–Crippen LogP) is 0.312. The Morgan fingerprint density at radius 2 is 2.31 bits per heavy atom. The molecule has 0 aromatic carbocycles. The summed E-state index contributed by atoms with van der Waals surface area (Å²) in [6.45, 7) is 2.98. The second-order valence-corrected chi connectivity index (χ2v) is 4.35. The molecule has 1 fully saturated rings. The lowest BCUT2D eigenvalue weighted by atomic mass is 10.3. The van der Waals surface area contributed by atoms with Crippen molar-refractivity contribution in [1.82, 2.24) is 14.7 Å². The zero-order valence-electron chi connectivity index (χ0n) is 9.55.